The summed E-state index contributed by atoms with van der Waals surface area (Å²) in [4.78, 5) is 0. The van der Waals surface area contributed by atoms with Gasteiger partial charge in [-0.15, -0.1) is 0 Å². The summed E-state index contributed by atoms with van der Waals surface area (Å²) >= 11 is 0. The van der Waals surface area contributed by atoms with Crippen molar-refractivity contribution in [1.82, 2.24) is 0 Å². The van der Waals surface area contributed by atoms with Crippen molar-refractivity contribution < 1.29 is 0 Å². The van der Waals surface area contributed by atoms with Gasteiger partial charge < -0.3 is 0 Å². The van der Waals surface area contributed by atoms with Crippen LogP contribution in [0.25, 0.3) is 0 Å². The molecule has 0 spiro atoms. The zero-order chi connectivity index (χ0) is 21.7. The third-order valence-electron chi connectivity index (χ3n) is 12.1. The minimum atomic E-state index is 0.658. The van der Waals surface area contributed by atoms with Gasteiger partial charge in [-0.2, -0.15) is 0 Å². The number of rotatable bonds is 6. The highest BCUT2D eigenvalue weighted by Gasteiger charge is 2.60. The van der Waals surface area contributed by atoms with Crippen LogP contribution >= 0.6 is 0 Å². The second-order valence-electron chi connectivity index (χ2n) is 13.7. The first-order valence-electron chi connectivity index (χ1n) is 14.2. The maximum atomic E-state index is 2.76. The molecule has 10 atom stereocenters. The zero-order valence-electron chi connectivity index (χ0n) is 21.7. The molecule has 3 unspecified atom stereocenters. The molecule has 0 aliphatic heterocycles. The van der Waals surface area contributed by atoms with E-state index in [-0.39, 0.29) is 0 Å². The molecule has 0 saturated heterocycles. The lowest BCUT2D eigenvalue weighted by atomic mass is 9.44. The number of hydrogen-bond acceptors (Lipinski definition) is 0. The molecule has 4 aliphatic rings. The first-order chi connectivity index (χ1) is 14.2. The van der Waals surface area contributed by atoms with Crippen LogP contribution in [0.15, 0.2) is 0 Å². The Morgan fingerprint density at radius 3 is 2.20 bits per heavy atom. The molecular formula is C30H54. The van der Waals surface area contributed by atoms with Crippen LogP contribution in [0.5, 0.6) is 0 Å². The highest BCUT2D eigenvalue weighted by Crippen LogP contribution is 2.68. The van der Waals surface area contributed by atoms with Crippen LogP contribution < -0.4 is 0 Å². The Bertz CT molecular complexity index is 577. The first kappa shape index (κ1) is 23.2. The monoisotopic (exact) mass is 414 g/mol. The summed E-state index contributed by atoms with van der Waals surface area (Å²) in [5.41, 5.74) is 1.34. The second kappa shape index (κ2) is 8.74. The molecule has 0 radical (unpaired) electrons. The molecule has 0 heterocycles. The van der Waals surface area contributed by atoms with Crippen molar-refractivity contribution >= 4 is 0 Å². The summed E-state index contributed by atoms with van der Waals surface area (Å²) < 4.78 is 0. The molecule has 174 valence electrons. The molecule has 0 aromatic carbocycles. The Labute approximate surface area is 189 Å². The highest BCUT2D eigenvalue weighted by molar-refractivity contribution is 5.09. The van der Waals surface area contributed by atoms with Gasteiger partial charge in [0.2, 0.25) is 0 Å². The van der Waals surface area contributed by atoms with E-state index in [1.54, 1.807) is 38.5 Å². The van der Waals surface area contributed by atoms with Crippen LogP contribution in [0, 0.1) is 64.1 Å². The van der Waals surface area contributed by atoms with E-state index in [4.69, 9.17) is 0 Å². The topological polar surface area (TPSA) is 0 Å². The number of fused-ring (bicyclic) bond motifs is 5. The normalized spacial score (nSPS) is 48.0. The van der Waals surface area contributed by atoms with Crippen molar-refractivity contribution in [3.05, 3.63) is 0 Å². The molecule has 4 rings (SSSR count). The Balaban J connectivity index is 1.45. The van der Waals surface area contributed by atoms with Gasteiger partial charge in [-0.25, -0.2) is 0 Å². The molecule has 0 nitrogen and oxygen atoms in total. The Kier molecular flexibility index (Phi) is 6.75. The standard InChI is InChI=1S/C30H54/c1-8-23(20(2)3)10-9-22(5)26-13-14-27-25-12-11-24-19-21(4)15-17-29(24,6)28(25)16-18-30(26,27)7/h20-28H,8-19H2,1-7H3/t21?,22-,23?,24?,25+,26-,27+,28+,29+,30-/m1/s1. The average molecular weight is 415 g/mol. The van der Waals surface area contributed by atoms with E-state index in [0.717, 1.165) is 53.3 Å². The van der Waals surface area contributed by atoms with Crippen molar-refractivity contribution in [2.45, 2.75) is 126 Å². The maximum Gasteiger partial charge on any atom is -0.0264 e. The van der Waals surface area contributed by atoms with E-state index >= 15 is 0 Å². The van der Waals surface area contributed by atoms with Gasteiger partial charge in [0.1, 0.15) is 0 Å². The van der Waals surface area contributed by atoms with Gasteiger partial charge in [0, 0.05) is 0 Å². The lowest BCUT2D eigenvalue weighted by Gasteiger charge is -2.61. The van der Waals surface area contributed by atoms with Gasteiger partial charge in [-0.3, -0.25) is 0 Å². The Morgan fingerprint density at radius 2 is 1.50 bits per heavy atom. The highest BCUT2D eigenvalue weighted by atomic mass is 14.6. The summed E-state index contributed by atoms with van der Waals surface area (Å²) in [6.45, 7) is 18.0. The van der Waals surface area contributed by atoms with Gasteiger partial charge in [-0.05, 0) is 122 Å². The summed E-state index contributed by atoms with van der Waals surface area (Å²) in [5, 5.41) is 0. The van der Waals surface area contributed by atoms with Gasteiger partial charge in [-0.1, -0.05) is 67.7 Å². The average Bonchev–Trinajstić information content (AvgIpc) is 3.06. The fourth-order valence-electron chi connectivity index (χ4n) is 10.1. The number of hydrogen-bond donors (Lipinski definition) is 0. The van der Waals surface area contributed by atoms with Gasteiger partial charge in [0.15, 0.2) is 0 Å². The molecule has 4 aliphatic carbocycles. The van der Waals surface area contributed by atoms with E-state index in [1.807, 2.05) is 0 Å². The Hall–Kier alpha value is 0. The van der Waals surface area contributed by atoms with Crippen LogP contribution in [0.2, 0.25) is 0 Å². The molecule has 0 heteroatoms. The van der Waals surface area contributed by atoms with Crippen LogP contribution in [-0.4, -0.2) is 0 Å². The summed E-state index contributed by atoms with van der Waals surface area (Å²) in [7, 11) is 0. The third kappa shape index (κ3) is 3.83. The molecule has 0 amide bonds. The van der Waals surface area contributed by atoms with Crippen LogP contribution in [0.1, 0.15) is 126 Å². The van der Waals surface area contributed by atoms with E-state index in [9.17, 15) is 0 Å². The summed E-state index contributed by atoms with van der Waals surface area (Å²) in [6.07, 6.45) is 18.2. The summed E-state index contributed by atoms with van der Waals surface area (Å²) in [6, 6.07) is 0. The fraction of sp³-hybridized carbons (Fsp3) is 1.00. The van der Waals surface area contributed by atoms with Crippen molar-refractivity contribution in [3.8, 4) is 0 Å². The third-order valence-corrected chi connectivity index (χ3v) is 12.1. The van der Waals surface area contributed by atoms with Crippen molar-refractivity contribution in [1.29, 1.82) is 0 Å². The first-order valence-corrected chi connectivity index (χ1v) is 14.2. The Morgan fingerprint density at radius 1 is 0.800 bits per heavy atom. The van der Waals surface area contributed by atoms with Gasteiger partial charge in [0.25, 0.3) is 0 Å². The van der Waals surface area contributed by atoms with Gasteiger partial charge in [0.05, 0.1) is 0 Å². The molecule has 0 N–H and O–H groups in total. The van der Waals surface area contributed by atoms with Crippen molar-refractivity contribution in [3.63, 3.8) is 0 Å². The van der Waals surface area contributed by atoms with E-state index < -0.39 is 0 Å². The molecule has 0 aromatic rings. The maximum absolute atomic E-state index is 2.76. The zero-order valence-corrected chi connectivity index (χ0v) is 21.7. The molecule has 4 saturated carbocycles. The van der Waals surface area contributed by atoms with Crippen LogP contribution in [0.3, 0.4) is 0 Å². The van der Waals surface area contributed by atoms with Crippen LogP contribution in [-0.2, 0) is 0 Å². The molecule has 0 bridgehead atoms. The minimum absolute atomic E-state index is 0.658. The smallest absolute Gasteiger partial charge is 0.0264 e. The molecule has 4 fully saturated rings. The minimum Gasteiger partial charge on any atom is -0.0651 e. The molecular weight excluding hydrogens is 360 g/mol. The van der Waals surface area contributed by atoms with Crippen molar-refractivity contribution in [2.24, 2.45) is 64.1 Å². The quantitative estimate of drug-likeness (QED) is 0.406. The van der Waals surface area contributed by atoms with E-state index in [2.05, 4.69) is 48.5 Å². The van der Waals surface area contributed by atoms with E-state index in [1.165, 1.54) is 38.5 Å². The molecule has 30 heavy (non-hydrogen) atoms. The predicted molar refractivity (Wildman–Crippen MR) is 131 cm³/mol. The second-order valence-corrected chi connectivity index (χ2v) is 13.7. The van der Waals surface area contributed by atoms with E-state index in [0.29, 0.717) is 10.8 Å². The largest absolute Gasteiger partial charge is 0.0651 e. The lowest BCUT2D eigenvalue weighted by Crippen LogP contribution is -2.53. The predicted octanol–water partition coefficient (Wildman–Crippen LogP) is 9.38. The van der Waals surface area contributed by atoms with Crippen molar-refractivity contribution in [2.75, 3.05) is 0 Å². The lowest BCUT2D eigenvalue weighted by molar-refractivity contribution is -0.120. The molecule has 0 aromatic heterocycles. The van der Waals surface area contributed by atoms with Gasteiger partial charge >= 0.3 is 0 Å². The summed E-state index contributed by atoms with van der Waals surface area (Å²) in [5.74, 6) is 8.95. The van der Waals surface area contributed by atoms with Crippen LogP contribution in [0.4, 0.5) is 0 Å². The fourth-order valence-corrected chi connectivity index (χ4v) is 10.1. The SMILES string of the molecule is CCC(CC[C@@H](C)[C@H]1CC[C@H]2[C@@H]3CCC4CC(C)CC[C@]4(C)[C@H]3CC[C@]12C)C(C)C.